The molecule has 7 heteroatoms. The molecular formula is C20H17BrClN3O2. The Kier molecular flexibility index (Phi) is 4.13. The van der Waals surface area contributed by atoms with E-state index in [-0.39, 0.29) is 17.9 Å². The molecule has 0 aliphatic carbocycles. The van der Waals surface area contributed by atoms with Gasteiger partial charge in [-0.2, -0.15) is 0 Å². The molecule has 138 valence electrons. The normalized spacial score (nSPS) is 28.1. The number of halogens is 2. The van der Waals surface area contributed by atoms with E-state index in [1.165, 1.54) is 4.90 Å². The van der Waals surface area contributed by atoms with E-state index in [1.807, 2.05) is 24.3 Å². The van der Waals surface area contributed by atoms with E-state index in [1.54, 1.807) is 24.3 Å². The summed E-state index contributed by atoms with van der Waals surface area (Å²) in [5.41, 5.74) is 1.61. The Labute approximate surface area is 170 Å². The Hall–Kier alpha value is -1.73. The summed E-state index contributed by atoms with van der Waals surface area (Å²) < 4.78 is 0.994. The first-order valence-corrected chi connectivity index (χ1v) is 10.2. The monoisotopic (exact) mass is 445 g/mol. The van der Waals surface area contributed by atoms with Crippen LogP contribution in [0.3, 0.4) is 0 Å². The molecule has 0 aromatic heterocycles. The van der Waals surface area contributed by atoms with Gasteiger partial charge in [-0.05, 0) is 42.3 Å². The van der Waals surface area contributed by atoms with E-state index in [2.05, 4.69) is 25.9 Å². The maximum atomic E-state index is 13.4. The van der Waals surface area contributed by atoms with Gasteiger partial charge in [0.2, 0.25) is 5.91 Å². The van der Waals surface area contributed by atoms with Gasteiger partial charge in [0.05, 0.1) is 17.6 Å². The molecule has 3 atom stereocenters. The summed E-state index contributed by atoms with van der Waals surface area (Å²) >= 11 is 9.56. The molecule has 0 radical (unpaired) electrons. The molecule has 5 rings (SSSR count). The fourth-order valence-corrected chi connectivity index (χ4v) is 5.09. The first kappa shape index (κ1) is 17.4. The lowest BCUT2D eigenvalue weighted by Crippen LogP contribution is -2.44. The maximum absolute atomic E-state index is 13.4. The van der Waals surface area contributed by atoms with Crippen LogP contribution in [0, 0.1) is 5.92 Å². The molecule has 0 N–H and O–H groups in total. The van der Waals surface area contributed by atoms with Crippen molar-refractivity contribution >= 4 is 45.0 Å². The molecule has 3 fully saturated rings. The number of hydrazine groups is 1. The number of hydrogen-bond acceptors (Lipinski definition) is 4. The lowest BCUT2D eigenvalue weighted by atomic mass is 9.90. The Morgan fingerprint density at radius 3 is 2.33 bits per heavy atom. The van der Waals surface area contributed by atoms with Gasteiger partial charge in [0.15, 0.2) is 0 Å². The molecule has 2 aromatic rings. The molecule has 2 amide bonds. The summed E-state index contributed by atoms with van der Waals surface area (Å²) in [4.78, 5) is 28.0. The molecule has 3 saturated heterocycles. The fourth-order valence-electron chi connectivity index (χ4n) is 4.64. The lowest BCUT2D eigenvalue weighted by molar-refractivity contribution is -0.126. The molecule has 3 aliphatic rings. The van der Waals surface area contributed by atoms with Crippen LogP contribution < -0.4 is 4.90 Å². The van der Waals surface area contributed by atoms with Crippen molar-refractivity contribution < 1.29 is 9.59 Å². The first-order chi connectivity index (χ1) is 13.1. The molecule has 5 nitrogen and oxygen atoms in total. The molecule has 2 aromatic carbocycles. The van der Waals surface area contributed by atoms with Crippen LogP contribution in [0.2, 0.25) is 5.02 Å². The highest BCUT2D eigenvalue weighted by atomic mass is 79.9. The number of carbonyl (C=O) groups is 2. The lowest BCUT2D eigenvalue weighted by Gasteiger charge is -2.29. The number of anilines is 1. The average molecular weight is 447 g/mol. The van der Waals surface area contributed by atoms with E-state index < -0.39 is 12.0 Å². The molecule has 3 aliphatic heterocycles. The third-order valence-corrected chi connectivity index (χ3v) is 6.45. The molecule has 0 bridgehead atoms. The Morgan fingerprint density at radius 1 is 0.926 bits per heavy atom. The van der Waals surface area contributed by atoms with Crippen molar-refractivity contribution in [3.8, 4) is 0 Å². The van der Waals surface area contributed by atoms with Gasteiger partial charge in [-0.3, -0.25) is 9.59 Å². The summed E-state index contributed by atoms with van der Waals surface area (Å²) in [6, 6.07) is 14.4. The zero-order chi connectivity index (χ0) is 18.7. The second-order valence-corrected chi connectivity index (χ2v) is 8.49. The summed E-state index contributed by atoms with van der Waals surface area (Å²) in [5, 5.41) is 4.82. The van der Waals surface area contributed by atoms with Crippen LogP contribution in [0.5, 0.6) is 0 Å². The van der Waals surface area contributed by atoms with E-state index in [0.29, 0.717) is 10.7 Å². The summed E-state index contributed by atoms with van der Waals surface area (Å²) in [6.07, 6.45) is 0.995. The van der Waals surface area contributed by atoms with Crippen LogP contribution >= 0.6 is 27.5 Å². The fraction of sp³-hybridized carbons (Fsp3) is 0.300. The quantitative estimate of drug-likeness (QED) is 0.661. The summed E-state index contributed by atoms with van der Waals surface area (Å²) in [7, 11) is 0. The molecule has 0 unspecified atom stereocenters. The number of amides is 2. The predicted molar refractivity (Wildman–Crippen MR) is 106 cm³/mol. The number of hydrogen-bond donors (Lipinski definition) is 0. The van der Waals surface area contributed by atoms with Crippen molar-refractivity contribution in [2.75, 3.05) is 18.0 Å². The zero-order valence-electron chi connectivity index (χ0n) is 14.4. The number of benzene rings is 2. The Bertz CT molecular complexity index is 935. The van der Waals surface area contributed by atoms with Crippen molar-refractivity contribution in [2.24, 2.45) is 5.92 Å². The maximum Gasteiger partial charge on any atom is 0.253 e. The van der Waals surface area contributed by atoms with Crippen molar-refractivity contribution in [2.45, 2.75) is 18.5 Å². The van der Waals surface area contributed by atoms with Gasteiger partial charge >= 0.3 is 0 Å². The van der Waals surface area contributed by atoms with Crippen molar-refractivity contribution in [3.05, 3.63) is 63.6 Å². The number of nitrogens with zero attached hydrogens (tertiary/aromatic N) is 3. The van der Waals surface area contributed by atoms with Gasteiger partial charge < -0.3 is 0 Å². The molecule has 3 heterocycles. The van der Waals surface area contributed by atoms with Crippen LogP contribution in [-0.4, -0.2) is 41.0 Å². The van der Waals surface area contributed by atoms with E-state index >= 15 is 0 Å². The standard InChI is InChI=1S/C20H17BrClN3O2/c21-13-7-5-12(6-8-13)17-16-18(24-10-2-9-23(17)24)20(27)25(19(16)26)15-4-1-3-14(22)11-15/h1,3-8,11,16-18H,2,9-10H2/t16-,17+,18-/m0/s1. The summed E-state index contributed by atoms with van der Waals surface area (Å²) in [5.74, 6) is -0.702. The van der Waals surface area contributed by atoms with Crippen LogP contribution in [0.25, 0.3) is 0 Å². The molecule has 0 saturated carbocycles. The SMILES string of the molecule is O=C1[C@@H]2[C@@H](C(=O)N1c1cccc(Cl)c1)N1CCCN1[C@@H]2c1ccc(Br)cc1. The van der Waals surface area contributed by atoms with Gasteiger partial charge in [-0.15, -0.1) is 0 Å². The van der Waals surface area contributed by atoms with Crippen LogP contribution in [-0.2, 0) is 9.59 Å². The van der Waals surface area contributed by atoms with Gasteiger partial charge in [0, 0.05) is 22.6 Å². The molecular weight excluding hydrogens is 430 g/mol. The smallest absolute Gasteiger partial charge is 0.253 e. The minimum Gasteiger partial charge on any atom is -0.274 e. The third kappa shape index (κ3) is 2.58. The minimum atomic E-state index is -0.437. The molecule has 27 heavy (non-hydrogen) atoms. The van der Waals surface area contributed by atoms with Crippen LogP contribution in [0.4, 0.5) is 5.69 Å². The largest absolute Gasteiger partial charge is 0.274 e. The van der Waals surface area contributed by atoms with E-state index in [0.717, 1.165) is 29.5 Å². The first-order valence-electron chi connectivity index (χ1n) is 8.98. The number of carbonyl (C=O) groups excluding carboxylic acids is 2. The third-order valence-electron chi connectivity index (χ3n) is 5.68. The highest BCUT2D eigenvalue weighted by Gasteiger charge is 2.62. The van der Waals surface area contributed by atoms with E-state index in [4.69, 9.17) is 11.6 Å². The van der Waals surface area contributed by atoms with Gasteiger partial charge in [-0.25, -0.2) is 14.9 Å². The number of fused-ring (bicyclic) bond motifs is 3. The van der Waals surface area contributed by atoms with Gasteiger partial charge in [-0.1, -0.05) is 45.7 Å². The zero-order valence-corrected chi connectivity index (χ0v) is 16.7. The van der Waals surface area contributed by atoms with Crippen LogP contribution in [0.1, 0.15) is 18.0 Å². The topological polar surface area (TPSA) is 43.9 Å². The minimum absolute atomic E-state index is 0.119. The van der Waals surface area contributed by atoms with Crippen molar-refractivity contribution in [1.29, 1.82) is 0 Å². The van der Waals surface area contributed by atoms with Crippen molar-refractivity contribution in [3.63, 3.8) is 0 Å². The second-order valence-electron chi connectivity index (χ2n) is 7.14. The van der Waals surface area contributed by atoms with E-state index in [9.17, 15) is 9.59 Å². The highest BCUT2D eigenvalue weighted by molar-refractivity contribution is 9.10. The van der Waals surface area contributed by atoms with Crippen molar-refractivity contribution in [1.82, 2.24) is 10.0 Å². The number of rotatable bonds is 2. The second kappa shape index (κ2) is 6.41. The highest BCUT2D eigenvalue weighted by Crippen LogP contribution is 2.49. The summed E-state index contributed by atoms with van der Waals surface area (Å²) in [6.45, 7) is 1.67. The molecule has 0 spiro atoms. The van der Waals surface area contributed by atoms with Crippen LogP contribution in [0.15, 0.2) is 53.0 Å². The van der Waals surface area contributed by atoms with Gasteiger partial charge in [0.25, 0.3) is 5.91 Å². The Morgan fingerprint density at radius 2 is 1.63 bits per heavy atom. The Balaban J connectivity index is 1.59. The predicted octanol–water partition coefficient (Wildman–Crippen LogP) is 3.64. The average Bonchev–Trinajstić information content (AvgIpc) is 3.28. The number of imide groups is 1. The van der Waals surface area contributed by atoms with Gasteiger partial charge in [0.1, 0.15) is 6.04 Å².